The highest BCUT2D eigenvalue weighted by Crippen LogP contribution is 2.33. The lowest BCUT2D eigenvalue weighted by molar-refractivity contribution is -0.136. The average Bonchev–Trinajstić information content (AvgIpc) is 3.36. The van der Waals surface area contributed by atoms with Crippen molar-refractivity contribution in [2.75, 3.05) is 18.1 Å². The molecule has 0 aliphatic carbocycles. The van der Waals surface area contributed by atoms with Gasteiger partial charge in [0.05, 0.1) is 28.6 Å². The van der Waals surface area contributed by atoms with Gasteiger partial charge in [0, 0.05) is 23.3 Å². The highest BCUT2D eigenvalue weighted by molar-refractivity contribution is 6.34. The summed E-state index contributed by atoms with van der Waals surface area (Å²) in [6.07, 6.45) is 0.569. The van der Waals surface area contributed by atoms with Crippen molar-refractivity contribution in [2.24, 2.45) is 0 Å². The molecule has 8 heteroatoms. The van der Waals surface area contributed by atoms with Crippen molar-refractivity contribution in [1.29, 1.82) is 0 Å². The first-order chi connectivity index (χ1) is 17.8. The molecular weight excluding hydrogens is 495 g/mol. The van der Waals surface area contributed by atoms with Crippen LogP contribution in [-0.2, 0) is 17.6 Å². The fourth-order valence-electron chi connectivity index (χ4n) is 5.27. The molecule has 190 valence electrons. The molecule has 6 nitrogen and oxygen atoms in total. The van der Waals surface area contributed by atoms with Crippen molar-refractivity contribution in [2.45, 2.75) is 32.7 Å². The molecule has 2 heterocycles. The zero-order valence-electron chi connectivity index (χ0n) is 20.5. The molecular formula is C29H26ClFN2O4. The van der Waals surface area contributed by atoms with Crippen molar-refractivity contribution in [3.05, 3.63) is 93.9 Å². The molecule has 3 aromatic carbocycles. The summed E-state index contributed by atoms with van der Waals surface area (Å²) in [6.45, 7) is 5.11. The minimum absolute atomic E-state index is 0.199. The Kier molecular flexibility index (Phi) is 6.65. The average molecular weight is 521 g/mol. The number of rotatable bonds is 7. The van der Waals surface area contributed by atoms with Crippen molar-refractivity contribution in [3.8, 4) is 5.75 Å². The number of hydrogen-bond donors (Lipinski definition) is 1. The zero-order valence-corrected chi connectivity index (χ0v) is 21.3. The summed E-state index contributed by atoms with van der Waals surface area (Å²) in [7, 11) is 0. The van der Waals surface area contributed by atoms with Crippen LogP contribution in [0.25, 0.3) is 10.9 Å². The second-order valence-corrected chi connectivity index (χ2v) is 9.57. The molecule has 0 amide bonds. The van der Waals surface area contributed by atoms with E-state index in [4.69, 9.17) is 16.3 Å². The summed E-state index contributed by atoms with van der Waals surface area (Å²) < 4.78 is 21.4. The van der Waals surface area contributed by atoms with Gasteiger partial charge in [-0.3, -0.25) is 14.2 Å². The number of anilines is 1. The van der Waals surface area contributed by atoms with E-state index in [1.54, 1.807) is 25.1 Å². The third-order valence-corrected chi connectivity index (χ3v) is 7.29. The molecule has 4 aromatic rings. The molecule has 0 radical (unpaired) electrons. The number of ether oxygens (including phenoxy) is 1. The number of carboxylic acid groups (broad SMARTS) is 1. The maximum absolute atomic E-state index is 14.0. The van der Waals surface area contributed by atoms with Crippen molar-refractivity contribution in [1.82, 2.24) is 4.57 Å². The van der Waals surface area contributed by atoms with E-state index in [-0.39, 0.29) is 23.0 Å². The number of nitrogens with zero attached hydrogens (tertiary/aromatic N) is 2. The minimum Gasteiger partial charge on any atom is -0.491 e. The topological polar surface area (TPSA) is 71.8 Å². The summed E-state index contributed by atoms with van der Waals surface area (Å²) in [5.74, 6) is -1.44. The number of likely N-dealkylation sites (N-methyl/N-ethyl adjacent to an activating group) is 1. The molecule has 1 aliphatic rings. The number of benzene rings is 3. The van der Waals surface area contributed by atoms with Crippen LogP contribution in [0, 0.1) is 12.7 Å². The molecule has 0 saturated heterocycles. The van der Waals surface area contributed by atoms with Gasteiger partial charge in [0.1, 0.15) is 18.2 Å². The third kappa shape index (κ3) is 4.55. The van der Waals surface area contributed by atoms with Gasteiger partial charge in [0.2, 0.25) is 0 Å². The van der Waals surface area contributed by atoms with Crippen molar-refractivity contribution >= 4 is 40.1 Å². The number of carbonyl (C=O) groups is 2. The molecule has 5 rings (SSSR count). The molecule has 1 N–H and O–H groups in total. The molecule has 0 bridgehead atoms. The van der Waals surface area contributed by atoms with Crippen LogP contribution < -0.4 is 9.64 Å². The number of hydrogen-bond acceptors (Lipinski definition) is 4. The van der Waals surface area contributed by atoms with Crippen LogP contribution in [0.15, 0.2) is 60.7 Å². The Balaban J connectivity index is 1.39. The Hall–Kier alpha value is -3.84. The summed E-state index contributed by atoms with van der Waals surface area (Å²) in [5, 5.41) is 9.95. The molecule has 0 fully saturated rings. The molecule has 0 unspecified atom stereocenters. The van der Waals surface area contributed by atoms with E-state index in [1.807, 2.05) is 12.1 Å². The van der Waals surface area contributed by atoms with Gasteiger partial charge in [-0.2, -0.15) is 0 Å². The van der Waals surface area contributed by atoms with Crippen molar-refractivity contribution < 1.29 is 23.8 Å². The number of halogens is 2. The Morgan fingerprint density at radius 2 is 1.92 bits per heavy atom. The number of aromatic nitrogens is 1. The van der Waals surface area contributed by atoms with E-state index >= 15 is 0 Å². The number of carboxylic acids is 1. The van der Waals surface area contributed by atoms with E-state index in [9.17, 15) is 19.1 Å². The monoisotopic (exact) mass is 520 g/mol. The number of fused-ring (bicyclic) bond motifs is 2. The fraction of sp³-hybridized carbons (Fsp3) is 0.241. The Labute approximate surface area is 218 Å². The Morgan fingerprint density at radius 3 is 2.65 bits per heavy atom. The summed E-state index contributed by atoms with van der Waals surface area (Å²) in [4.78, 5) is 27.3. The number of aliphatic carboxylic acids is 1. The van der Waals surface area contributed by atoms with E-state index in [0.717, 1.165) is 13.0 Å². The normalized spacial score (nSPS) is 14.7. The smallest absolute Gasteiger partial charge is 0.307 e. The van der Waals surface area contributed by atoms with E-state index < -0.39 is 17.7 Å². The van der Waals surface area contributed by atoms with Gasteiger partial charge in [0.25, 0.3) is 5.91 Å². The lowest BCUT2D eigenvalue weighted by Crippen LogP contribution is -2.36. The summed E-state index contributed by atoms with van der Waals surface area (Å²) in [6, 6.07) is 17.4. The molecule has 1 aromatic heterocycles. The van der Waals surface area contributed by atoms with Crippen LogP contribution in [0.1, 0.15) is 34.1 Å². The maximum Gasteiger partial charge on any atom is 0.307 e. The van der Waals surface area contributed by atoms with E-state index in [0.29, 0.717) is 34.5 Å². The van der Waals surface area contributed by atoms with Gasteiger partial charge >= 0.3 is 5.97 Å². The predicted molar refractivity (Wildman–Crippen MR) is 142 cm³/mol. The standard InChI is InChI=1S/C29H26ClFN2O4/c1-3-32-20(12-18-6-4-5-7-26(18)32)16-37-21-9-10-22(25(30)14-21)29(36)33-17(2)23(15-28(34)35)24-13-19(31)8-11-27(24)33/h4-11,13-14,20H,3,12,15-16H2,1-2H3,(H,34,35)/t20-/m0/s1. The lowest BCUT2D eigenvalue weighted by atomic mass is 10.1. The van der Waals surface area contributed by atoms with E-state index in [1.165, 1.54) is 34.0 Å². The largest absolute Gasteiger partial charge is 0.491 e. The second-order valence-electron chi connectivity index (χ2n) is 9.16. The van der Waals surface area contributed by atoms with Gasteiger partial charge in [0.15, 0.2) is 0 Å². The molecule has 0 saturated carbocycles. The summed E-state index contributed by atoms with van der Waals surface area (Å²) >= 11 is 6.54. The molecule has 37 heavy (non-hydrogen) atoms. The molecule has 1 atom stereocenters. The fourth-order valence-corrected chi connectivity index (χ4v) is 5.52. The van der Waals surface area contributed by atoms with Crippen LogP contribution >= 0.6 is 11.6 Å². The third-order valence-electron chi connectivity index (χ3n) is 6.98. The van der Waals surface area contributed by atoms with Crippen LogP contribution in [-0.4, -0.2) is 40.7 Å². The predicted octanol–water partition coefficient (Wildman–Crippen LogP) is 5.89. The van der Waals surface area contributed by atoms with E-state index in [2.05, 4.69) is 24.0 Å². The second kappa shape index (κ2) is 9.90. The number of carbonyl (C=O) groups excluding carboxylic acids is 1. The first kappa shape index (κ1) is 24.8. The van der Waals surface area contributed by atoms with Gasteiger partial charge in [-0.25, -0.2) is 4.39 Å². The quantitative estimate of drug-likeness (QED) is 0.329. The van der Waals surface area contributed by atoms with Crippen LogP contribution in [0.3, 0.4) is 0 Å². The lowest BCUT2D eigenvalue weighted by Gasteiger charge is -2.26. The van der Waals surface area contributed by atoms with Crippen LogP contribution in [0.5, 0.6) is 5.75 Å². The van der Waals surface area contributed by atoms with Gasteiger partial charge in [-0.05, 0) is 73.9 Å². The van der Waals surface area contributed by atoms with Crippen LogP contribution in [0.2, 0.25) is 5.02 Å². The van der Waals surface area contributed by atoms with Gasteiger partial charge < -0.3 is 14.7 Å². The minimum atomic E-state index is -1.06. The molecule has 0 spiro atoms. The van der Waals surface area contributed by atoms with Gasteiger partial charge in [-0.1, -0.05) is 29.8 Å². The summed E-state index contributed by atoms with van der Waals surface area (Å²) in [5.41, 5.74) is 4.03. The molecule has 1 aliphatic heterocycles. The van der Waals surface area contributed by atoms with Crippen molar-refractivity contribution in [3.63, 3.8) is 0 Å². The van der Waals surface area contributed by atoms with Gasteiger partial charge in [-0.15, -0.1) is 0 Å². The number of para-hydroxylation sites is 1. The first-order valence-electron chi connectivity index (χ1n) is 12.1. The van der Waals surface area contributed by atoms with Crippen LogP contribution in [0.4, 0.5) is 10.1 Å². The Morgan fingerprint density at radius 1 is 1.14 bits per heavy atom. The SMILES string of the molecule is CCN1c2ccccc2C[C@H]1COc1ccc(C(=O)n2c(C)c(CC(=O)O)c3cc(F)ccc32)c(Cl)c1. The maximum atomic E-state index is 14.0. The highest BCUT2D eigenvalue weighted by atomic mass is 35.5. The zero-order chi connectivity index (χ0) is 26.3. The first-order valence-corrected chi connectivity index (χ1v) is 12.5. The Bertz CT molecular complexity index is 1530. The highest BCUT2D eigenvalue weighted by Gasteiger charge is 2.28.